The molecule has 9 heteroatoms. The molecule has 0 spiro atoms. The second-order valence-electron chi connectivity index (χ2n) is 8.13. The van der Waals surface area contributed by atoms with Gasteiger partial charge in [-0.2, -0.15) is 0 Å². The fourth-order valence-corrected chi connectivity index (χ4v) is 4.20. The molecule has 0 saturated carbocycles. The molecule has 1 aromatic heterocycles. The van der Waals surface area contributed by atoms with Gasteiger partial charge in [0.1, 0.15) is 12.0 Å². The van der Waals surface area contributed by atoms with Crippen LogP contribution in [0.1, 0.15) is 29.9 Å². The van der Waals surface area contributed by atoms with Crippen molar-refractivity contribution in [3.8, 4) is 16.9 Å². The summed E-state index contributed by atoms with van der Waals surface area (Å²) in [4.78, 5) is 25.1. The van der Waals surface area contributed by atoms with Crippen molar-refractivity contribution in [3.63, 3.8) is 0 Å². The number of para-hydroxylation sites is 1. The number of aliphatic hydroxyl groups is 1. The first-order chi connectivity index (χ1) is 15.5. The lowest BCUT2D eigenvalue weighted by molar-refractivity contribution is 0.0767. The zero-order valence-corrected chi connectivity index (χ0v) is 19.1. The lowest BCUT2D eigenvalue weighted by atomic mass is 10.0. The number of carbonyl (C=O) groups excluding carboxylic acids is 1. The first-order valence-electron chi connectivity index (χ1n) is 10.2. The predicted octanol–water partition coefficient (Wildman–Crippen LogP) is 2.34. The lowest BCUT2D eigenvalue weighted by Gasteiger charge is -2.30. The maximum absolute atomic E-state index is 12.6. The minimum atomic E-state index is -3.77. The second kappa shape index (κ2) is 9.60. The molecule has 3 N–H and O–H groups in total. The molecule has 2 atom stereocenters. The SMILES string of the molecule is CC(CNC(=O)c1ccccc1O)(CC(O)n1ccc(-c2ccccc2)cc1=O)S(C)(=O)=O. The molecule has 2 unspecified atom stereocenters. The second-order valence-corrected chi connectivity index (χ2v) is 10.7. The zero-order valence-electron chi connectivity index (χ0n) is 18.3. The Balaban J connectivity index is 1.80. The number of hydrogen-bond acceptors (Lipinski definition) is 6. The molecule has 0 bridgehead atoms. The van der Waals surface area contributed by atoms with Gasteiger partial charge in [-0.25, -0.2) is 8.42 Å². The van der Waals surface area contributed by atoms with Gasteiger partial charge >= 0.3 is 0 Å². The van der Waals surface area contributed by atoms with Crippen LogP contribution in [0.2, 0.25) is 0 Å². The average Bonchev–Trinajstić information content (AvgIpc) is 2.77. The summed E-state index contributed by atoms with van der Waals surface area (Å²) < 4.78 is 24.6. The van der Waals surface area contributed by atoms with Gasteiger partial charge in [0.2, 0.25) is 0 Å². The van der Waals surface area contributed by atoms with E-state index in [2.05, 4.69) is 5.32 Å². The summed E-state index contributed by atoms with van der Waals surface area (Å²) in [7, 11) is -3.77. The number of hydrogen-bond donors (Lipinski definition) is 3. The molecule has 3 aromatic rings. The van der Waals surface area contributed by atoms with Gasteiger partial charge in [0, 0.05) is 31.5 Å². The molecule has 0 radical (unpaired) electrons. The van der Waals surface area contributed by atoms with Gasteiger partial charge in [-0.3, -0.25) is 14.2 Å². The highest BCUT2D eigenvalue weighted by Crippen LogP contribution is 2.27. The van der Waals surface area contributed by atoms with E-state index in [1.54, 1.807) is 18.2 Å². The number of sulfone groups is 1. The van der Waals surface area contributed by atoms with Crippen molar-refractivity contribution in [1.82, 2.24) is 9.88 Å². The number of rotatable bonds is 8. The van der Waals surface area contributed by atoms with E-state index in [1.807, 2.05) is 30.3 Å². The normalized spacial score (nSPS) is 14.3. The molecule has 1 heterocycles. The fraction of sp³-hybridized carbons (Fsp3) is 0.250. The van der Waals surface area contributed by atoms with Crippen LogP contribution in [0, 0.1) is 0 Å². The third-order valence-corrected chi connectivity index (χ3v) is 7.76. The molecule has 0 fully saturated rings. The number of carbonyl (C=O) groups is 1. The van der Waals surface area contributed by atoms with E-state index >= 15 is 0 Å². The smallest absolute Gasteiger partial charge is 0.255 e. The third-order valence-electron chi connectivity index (χ3n) is 5.66. The Morgan fingerprint density at radius 2 is 1.70 bits per heavy atom. The first kappa shape index (κ1) is 24.2. The van der Waals surface area contributed by atoms with Crippen LogP contribution in [-0.2, 0) is 9.84 Å². The predicted molar refractivity (Wildman–Crippen MR) is 126 cm³/mol. The highest BCUT2D eigenvalue weighted by atomic mass is 32.2. The van der Waals surface area contributed by atoms with Crippen LogP contribution in [0.5, 0.6) is 5.75 Å². The van der Waals surface area contributed by atoms with Crippen molar-refractivity contribution in [3.05, 3.63) is 88.8 Å². The van der Waals surface area contributed by atoms with Gasteiger partial charge in [-0.15, -0.1) is 0 Å². The number of pyridine rings is 1. The molecule has 1 amide bonds. The van der Waals surface area contributed by atoms with Gasteiger partial charge in [-0.05, 0) is 36.2 Å². The standard InChI is InChI=1S/C24H26N2O6S/c1-24(33(2,31)32,16-25-23(30)19-10-6-7-11-20(19)27)15-22(29)26-13-12-18(14-21(26)28)17-8-4-3-5-9-17/h3-14,22,27,29H,15-16H2,1-2H3,(H,25,30). The van der Waals surface area contributed by atoms with E-state index in [4.69, 9.17) is 0 Å². The van der Waals surface area contributed by atoms with Crippen molar-refractivity contribution in [1.29, 1.82) is 0 Å². The maximum atomic E-state index is 12.6. The van der Waals surface area contributed by atoms with E-state index < -0.39 is 32.3 Å². The number of phenolic OH excluding ortho intramolecular Hbond substituents is 1. The van der Waals surface area contributed by atoms with Gasteiger partial charge in [0.05, 0.1) is 10.3 Å². The minimum absolute atomic E-state index is 0.00150. The van der Waals surface area contributed by atoms with E-state index in [1.165, 1.54) is 31.3 Å². The van der Waals surface area contributed by atoms with Crippen LogP contribution in [0.3, 0.4) is 0 Å². The summed E-state index contributed by atoms with van der Waals surface area (Å²) in [5, 5.41) is 23.1. The first-order valence-corrected chi connectivity index (χ1v) is 12.1. The molecular formula is C24H26N2O6S. The third kappa shape index (κ3) is 5.50. The molecule has 0 aliphatic heterocycles. The number of aliphatic hydroxyl groups excluding tert-OH is 1. The highest BCUT2D eigenvalue weighted by Gasteiger charge is 2.39. The molecule has 2 aromatic carbocycles. The van der Waals surface area contributed by atoms with Gasteiger partial charge in [-0.1, -0.05) is 42.5 Å². The number of amides is 1. The molecular weight excluding hydrogens is 444 g/mol. The van der Waals surface area contributed by atoms with Crippen molar-refractivity contribution >= 4 is 15.7 Å². The number of nitrogens with zero attached hydrogens (tertiary/aromatic N) is 1. The summed E-state index contributed by atoms with van der Waals surface area (Å²) >= 11 is 0. The Hall–Kier alpha value is -3.43. The van der Waals surface area contributed by atoms with Crippen LogP contribution in [0.15, 0.2) is 77.7 Å². The average molecular weight is 471 g/mol. The van der Waals surface area contributed by atoms with Crippen molar-refractivity contribution in [2.45, 2.75) is 24.3 Å². The molecule has 0 aliphatic carbocycles. The molecule has 33 heavy (non-hydrogen) atoms. The number of aromatic hydroxyl groups is 1. The minimum Gasteiger partial charge on any atom is -0.507 e. The van der Waals surface area contributed by atoms with Crippen LogP contribution in [0.25, 0.3) is 11.1 Å². The fourth-order valence-electron chi connectivity index (χ4n) is 3.41. The Bertz CT molecular complexity index is 1300. The van der Waals surface area contributed by atoms with Crippen molar-refractivity contribution in [2.24, 2.45) is 0 Å². The maximum Gasteiger partial charge on any atom is 0.255 e. The van der Waals surface area contributed by atoms with Crippen LogP contribution < -0.4 is 10.9 Å². The summed E-state index contributed by atoms with van der Waals surface area (Å²) in [5.74, 6) is -0.886. The summed E-state index contributed by atoms with van der Waals surface area (Å²) in [5.41, 5.74) is 1.02. The largest absolute Gasteiger partial charge is 0.507 e. The van der Waals surface area contributed by atoms with E-state index in [-0.39, 0.29) is 24.3 Å². The number of nitrogens with one attached hydrogen (secondary N) is 1. The lowest BCUT2D eigenvalue weighted by Crippen LogP contribution is -2.48. The summed E-state index contributed by atoms with van der Waals surface area (Å²) in [6.45, 7) is 1.06. The molecule has 0 aliphatic rings. The molecule has 8 nitrogen and oxygen atoms in total. The molecule has 174 valence electrons. The van der Waals surface area contributed by atoms with Gasteiger partial charge in [0.15, 0.2) is 9.84 Å². The Kier molecular flexibility index (Phi) is 7.04. The number of phenols is 1. The molecule has 3 rings (SSSR count). The van der Waals surface area contributed by atoms with Crippen LogP contribution in [-0.4, -0.2) is 46.7 Å². The van der Waals surface area contributed by atoms with Crippen molar-refractivity contribution in [2.75, 3.05) is 12.8 Å². The highest BCUT2D eigenvalue weighted by molar-refractivity contribution is 7.92. The Morgan fingerprint density at radius 1 is 1.06 bits per heavy atom. The van der Waals surface area contributed by atoms with Gasteiger partial charge in [0.25, 0.3) is 11.5 Å². The topological polar surface area (TPSA) is 126 Å². The number of aromatic nitrogens is 1. The Labute approximate surface area is 192 Å². The molecule has 0 saturated heterocycles. The van der Waals surface area contributed by atoms with Crippen LogP contribution in [0.4, 0.5) is 0 Å². The van der Waals surface area contributed by atoms with E-state index in [0.717, 1.165) is 16.4 Å². The summed E-state index contributed by atoms with van der Waals surface area (Å²) in [6, 6.07) is 18.2. The zero-order chi connectivity index (χ0) is 24.2. The Morgan fingerprint density at radius 3 is 2.30 bits per heavy atom. The summed E-state index contributed by atoms with van der Waals surface area (Å²) in [6.07, 6.45) is 0.646. The number of benzene rings is 2. The van der Waals surface area contributed by atoms with Gasteiger partial charge < -0.3 is 15.5 Å². The quantitative estimate of drug-likeness (QED) is 0.464. The monoisotopic (exact) mass is 470 g/mol. The van der Waals surface area contributed by atoms with Crippen molar-refractivity contribution < 1.29 is 23.4 Å². The van der Waals surface area contributed by atoms with E-state index in [0.29, 0.717) is 5.56 Å². The van der Waals surface area contributed by atoms with Crippen LogP contribution >= 0.6 is 0 Å². The van der Waals surface area contributed by atoms with E-state index in [9.17, 15) is 28.2 Å².